The number of urea groups is 1. The molecule has 15 heteroatoms. The van der Waals surface area contributed by atoms with E-state index in [1.165, 1.54) is 12.1 Å². The van der Waals surface area contributed by atoms with Gasteiger partial charge in [-0.3, -0.25) is 24.0 Å². The Morgan fingerprint density at radius 3 is 2.35 bits per heavy atom. The van der Waals surface area contributed by atoms with E-state index >= 15 is 0 Å². The SMILES string of the molecule is CCCC(NC(=O)C1Cc2cccc(c2)OCCCCCNC(=O)NC(C2CCCCC2)C(=O)N1)C(=O)C(=O)NCC(=O)NC(C(=O)O)c1ccccc1. The maximum atomic E-state index is 14.0. The predicted molar refractivity (Wildman–Crippen MR) is 198 cm³/mol. The molecule has 6 amide bonds. The third-order valence-corrected chi connectivity index (χ3v) is 9.57. The van der Waals surface area contributed by atoms with Crippen molar-refractivity contribution in [1.29, 1.82) is 0 Å². The number of aliphatic carboxylic acids is 1. The van der Waals surface area contributed by atoms with Crippen LogP contribution in [0.25, 0.3) is 0 Å². The number of hydrogen-bond acceptors (Lipinski definition) is 8. The van der Waals surface area contributed by atoms with Gasteiger partial charge >= 0.3 is 12.0 Å². The van der Waals surface area contributed by atoms with Gasteiger partial charge in [0, 0.05) is 13.0 Å². The number of benzene rings is 2. The van der Waals surface area contributed by atoms with Crippen molar-refractivity contribution in [1.82, 2.24) is 31.9 Å². The summed E-state index contributed by atoms with van der Waals surface area (Å²) in [6, 6.07) is 9.91. The molecule has 4 rings (SSSR count). The molecule has 15 nitrogen and oxygen atoms in total. The molecule has 54 heavy (non-hydrogen) atoms. The van der Waals surface area contributed by atoms with Gasteiger partial charge in [-0.1, -0.05) is 75.1 Å². The van der Waals surface area contributed by atoms with E-state index in [0.717, 1.165) is 51.4 Å². The van der Waals surface area contributed by atoms with E-state index < -0.39 is 72.1 Å². The van der Waals surface area contributed by atoms with Crippen LogP contribution < -0.4 is 36.6 Å². The fraction of sp³-hybridized carbons (Fsp3) is 0.513. The number of rotatable bonds is 12. The van der Waals surface area contributed by atoms with Crippen LogP contribution in [0.15, 0.2) is 54.6 Å². The van der Waals surface area contributed by atoms with Crippen molar-refractivity contribution in [3.8, 4) is 5.75 Å². The lowest BCUT2D eigenvalue weighted by Gasteiger charge is -2.31. The van der Waals surface area contributed by atoms with E-state index in [-0.39, 0.29) is 18.8 Å². The van der Waals surface area contributed by atoms with E-state index in [1.54, 1.807) is 49.4 Å². The van der Waals surface area contributed by atoms with Crippen LogP contribution in [0.1, 0.15) is 88.3 Å². The van der Waals surface area contributed by atoms with E-state index in [1.807, 2.05) is 0 Å². The minimum absolute atomic E-state index is 0.0178. The molecule has 292 valence electrons. The third kappa shape index (κ3) is 12.9. The van der Waals surface area contributed by atoms with Crippen molar-refractivity contribution >= 4 is 41.4 Å². The summed E-state index contributed by atoms with van der Waals surface area (Å²) in [4.78, 5) is 91.7. The number of amides is 6. The van der Waals surface area contributed by atoms with E-state index in [9.17, 15) is 38.7 Å². The first-order chi connectivity index (χ1) is 26.0. The summed E-state index contributed by atoms with van der Waals surface area (Å²) in [6.45, 7) is 1.96. The minimum Gasteiger partial charge on any atom is -0.494 e. The van der Waals surface area contributed by atoms with Gasteiger partial charge in [0.05, 0.1) is 19.2 Å². The van der Waals surface area contributed by atoms with Gasteiger partial charge in [0.15, 0.2) is 6.04 Å². The quantitative estimate of drug-likeness (QED) is 0.158. The van der Waals surface area contributed by atoms with E-state index in [2.05, 4.69) is 31.9 Å². The molecule has 7 N–H and O–H groups in total. The molecule has 2 aliphatic rings. The number of ether oxygens (including phenoxy) is 1. The van der Waals surface area contributed by atoms with Crippen molar-refractivity contribution in [2.24, 2.45) is 5.92 Å². The summed E-state index contributed by atoms with van der Waals surface area (Å²) in [7, 11) is 0. The second-order valence-corrected chi connectivity index (χ2v) is 13.7. The van der Waals surface area contributed by atoms with Gasteiger partial charge in [-0.05, 0) is 67.7 Å². The van der Waals surface area contributed by atoms with Crippen molar-refractivity contribution < 1.29 is 43.4 Å². The van der Waals surface area contributed by atoms with Crippen LogP contribution in [0.2, 0.25) is 0 Å². The zero-order chi connectivity index (χ0) is 38.9. The van der Waals surface area contributed by atoms with Crippen molar-refractivity contribution in [2.75, 3.05) is 19.7 Å². The highest BCUT2D eigenvalue weighted by molar-refractivity contribution is 6.38. The topological polar surface area (TPSA) is 221 Å². The molecule has 0 saturated heterocycles. The molecule has 0 aromatic heterocycles. The van der Waals surface area contributed by atoms with Crippen molar-refractivity contribution in [3.05, 3.63) is 65.7 Å². The largest absolute Gasteiger partial charge is 0.494 e. The molecule has 1 aliphatic carbocycles. The number of fused-ring (bicyclic) bond motifs is 2. The third-order valence-electron chi connectivity index (χ3n) is 9.57. The molecule has 4 atom stereocenters. The van der Waals surface area contributed by atoms with Gasteiger partial charge in [-0.25, -0.2) is 9.59 Å². The van der Waals surface area contributed by atoms with Crippen LogP contribution in [0.5, 0.6) is 5.75 Å². The maximum Gasteiger partial charge on any atom is 0.330 e. The summed E-state index contributed by atoms with van der Waals surface area (Å²) in [6.07, 6.45) is 7.15. The maximum absolute atomic E-state index is 14.0. The molecule has 2 aromatic rings. The first-order valence-corrected chi connectivity index (χ1v) is 18.8. The van der Waals surface area contributed by atoms with Crippen LogP contribution in [-0.2, 0) is 35.2 Å². The van der Waals surface area contributed by atoms with Gasteiger partial charge in [0.25, 0.3) is 5.91 Å². The number of carboxylic acid groups (broad SMARTS) is 1. The highest BCUT2D eigenvalue weighted by Crippen LogP contribution is 2.27. The number of carboxylic acids is 1. The molecular formula is C39H52N6O9. The first kappa shape index (κ1) is 41.3. The second-order valence-electron chi connectivity index (χ2n) is 13.7. The Kier molecular flexibility index (Phi) is 16.3. The molecular weight excluding hydrogens is 696 g/mol. The number of Topliss-reactive ketones (excluding diaryl/α,β-unsaturated/α-hetero) is 1. The Morgan fingerprint density at radius 2 is 1.63 bits per heavy atom. The smallest absolute Gasteiger partial charge is 0.330 e. The number of carbonyl (C=O) groups is 7. The second kappa shape index (κ2) is 21.3. The molecule has 4 unspecified atom stereocenters. The Labute approximate surface area is 315 Å². The lowest BCUT2D eigenvalue weighted by molar-refractivity contribution is -0.142. The summed E-state index contributed by atoms with van der Waals surface area (Å²) in [5, 5.41) is 25.3. The fourth-order valence-electron chi connectivity index (χ4n) is 6.70. The Bertz CT molecular complexity index is 1610. The van der Waals surface area contributed by atoms with Crippen LogP contribution in [-0.4, -0.2) is 84.3 Å². The minimum atomic E-state index is -1.37. The summed E-state index contributed by atoms with van der Waals surface area (Å²) in [5.41, 5.74) is 0.996. The number of ketones is 1. The molecule has 0 spiro atoms. The van der Waals surface area contributed by atoms with Crippen molar-refractivity contribution in [3.63, 3.8) is 0 Å². The molecule has 2 aromatic carbocycles. The number of hydrogen-bond donors (Lipinski definition) is 7. The molecule has 1 heterocycles. The molecule has 0 radical (unpaired) electrons. The number of carbonyl (C=O) groups excluding carboxylic acids is 6. The lowest BCUT2D eigenvalue weighted by atomic mass is 9.83. The van der Waals surface area contributed by atoms with Crippen LogP contribution in [0, 0.1) is 5.92 Å². The Balaban J connectivity index is 1.50. The summed E-state index contributed by atoms with van der Waals surface area (Å²) in [5.74, 6) is -5.11. The van der Waals surface area contributed by atoms with Crippen molar-refractivity contribution in [2.45, 2.75) is 102 Å². The van der Waals surface area contributed by atoms with Crippen LogP contribution >= 0.6 is 0 Å². The van der Waals surface area contributed by atoms with E-state index in [4.69, 9.17) is 4.74 Å². The molecule has 2 bridgehead atoms. The van der Waals surface area contributed by atoms with Gasteiger partial charge in [0.2, 0.25) is 23.5 Å². The normalized spacial score (nSPS) is 19.9. The zero-order valence-electron chi connectivity index (χ0n) is 30.7. The molecule has 1 aliphatic heterocycles. The van der Waals surface area contributed by atoms with Gasteiger partial charge in [0.1, 0.15) is 17.8 Å². The van der Waals surface area contributed by atoms with Gasteiger partial charge in [-0.15, -0.1) is 0 Å². The van der Waals surface area contributed by atoms with Gasteiger partial charge < -0.3 is 41.7 Å². The molecule has 1 saturated carbocycles. The standard InChI is InChI=1S/C39H52N6O9/c1-2-13-29(34(47)37(50)41-24-31(46)44-33(38(51)52)27-17-8-4-9-18-27)42-35(48)30-23-25-14-12-19-28(22-25)54-21-11-5-10-20-40-39(53)45-32(36(49)43-30)26-15-6-3-7-16-26/h4,8-9,12,14,17-19,22,26,29-30,32-33H,2-3,5-7,10-11,13,15-16,20-21,23-24H2,1H3,(H,41,50)(H,42,48)(H,43,49)(H,44,46)(H,51,52)(H2,40,45,53). The van der Waals surface area contributed by atoms with Crippen LogP contribution in [0.4, 0.5) is 4.79 Å². The van der Waals surface area contributed by atoms with E-state index in [0.29, 0.717) is 36.4 Å². The highest BCUT2D eigenvalue weighted by Gasteiger charge is 2.35. The monoisotopic (exact) mass is 748 g/mol. The molecule has 1 fully saturated rings. The van der Waals surface area contributed by atoms with Gasteiger partial charge in [-0.2, -0.15) is 0 Å². The number of nitrogens with one attached hydrogen (secondary N) is 6. The summed E-state index contributed by atoms with van der Waals surface area (Å²) < 4.78 is 5.92. The zero-order valence-corrected chi connectivity index (χ0v) is 30.7. The van der Waals surface area contributed by atoms with Crippen LogP contribution in [0.3, 0.4) is 0 Å². The summed E-state index contributed by atoms with van der Waals surface area (Å²) >= 11 is 0. The predicted octanol–water partition coefficient (Wildman–Crippen LogP) is 2.44. The highest BCUT2D eigenvalue weighted by atomic mass is 16.5. The average molecular weight is 749 g/mol. The average Bonchev–Trinajstić information content (AvgIpc) is 3.17. The lowest BCUT2D eigenvalue weighted by Crippen LogP contribution is -2.59. The Hall–Kier alpha value is -5.47. The first-order valence-electron chi connectivity index (χ1n) is 18.8. The Morgan fingerprint density at radius 1 is 0.889 bits per heavy atom. The fourth-order valence-corrected chi connectivity index (χ4v) is 6.70.